The largest absolute Gasteiger partial charge is 0.290 e. The average molecular weight is 236 g/mol. The molecule has 3 N–H and O–H groups in total. The van der Waals surface area contributed by atoms with Gasteiger partial charge in [-0.15, -0.1) is 0 Å². The maximum atomic E-state index is 11.4. The van der Waals surface area contributed by atoms with Crippen LogP contribution in [-0.2, 0) is 0 Å². The molecule has 2 aromatic rings. The third kappa shape index (κ3) is 1.85. The smallest absolute Gasteiger partial charge is 0.267 e. The fourth-order valence-corrected chi connectivity index (χ4v) is 1.71. The zero-order valence-electron chi connectivity index (χ0n) is 8.62. The van der Waals surface area contributed by atoms with Gasteiger partial charge in [-0.3, -0.25) is 15.2 Å². The van der Waals surface area contributed by atoms with Crippen molar-refractivity contribution in [3.63, 3.8) is 0 Å². The van der Waals surface area contributed by atoms with Crippen molar-refractivity contribution >= 4 is 28.4 Å². The van der Waals surface area contributed by atoms with E-state index in [0.717, 1.165) is 10.9 Å². The molecule has 0 saturated heterocycles. The molecule has 0 unspecified atom stereocenters. The van der Waals surface area contributed by atoms with Gasteiger partial charge in [0.1, 0.15) is 0 Å². The van der Waals surface area contributed by atoms with Gasteiger partial charge >= 0.3 is 0 Å². The van der Waals surface area contributed by atoms with Crippen LogP contribution < -0.4 is 11.3 Å². The summed E-state index contributed by atoms with van der Waals surface area (Å²) in [6, 6.07) is 7.08. The van der Waals surface area contributed by atoms with Crippen LogP contribution in [0.4, 0.5) is 0 Å². The molecule has 2 rings (SSSR count). The summed E-state index contributed by atoms with van der Waals surface area (Å²) < 4.78 is 0. The first-order chi connectivity index (χ1) is 7.61. The van der Waals surface area contributed by atoms with Crippen molar-refractivity contribution in [2.45, 2.75) is 6.92 Å². The number of carbonyl (C=O) groups is 1. The SMILES string of the molecule is Cc1nc2cc(Cl)ccc2cc1C(=O)NN. The van der Waals surface area contributed by atoms with E-state index in [1.807, 2.05) is 6.07 Å². The second kappa shape index (κ2) is 4.08. The number of fused-ring (bicyclic) bond motifs is 1. The van der Waals surface area contributed by atoms with E-state index in [4.69, 9.17) is 17.4 Å². The number of rotatable bonds is 1. The van der Waals surface area contributed by atoms with E-state index < -0.39 is 0 Å². The molecule has 0 radical (unpaired) electrons. The van der Waals surface area contributed by atoms with E-state index in [-0.39, 0.29) is 5.91 Å². The second-order valence-electron chi connectivity index (χ2n) is 3.43. The van der Waals surface area contributed by atoms with Crippen LogP contribution in [0.3, 0.4) is 0 Å². The summed E-state index contributed by atoms with van der Waals surface area (Å²) >= 11 is 5.86. The highest BCUT2D eigenvalue weighted by molar-refractivity contribution is 6.31. The number of nitrogens with zero attached hydrogens (tertiary/aromatic N) is 1. The number of amides is 1. The minimum absolute atomic E-state index is 0.346. The lowest BCUT2D eigenvalue weighted by Crippen LogP contribution is -2.30. The Morgan fingerprint density at radius 1 is 1.44 bits per heavy atom. The summed E-state index contributed by atoms with van der Waals surface area (Å²) in [7, 11) is 0. The van der Waals surface area contributed by atoms with Gasteiger partial charge in [0, 0.05) is 10.4 Å². The Labute approximate surface area is 97.4 Å². The van der Waals surface area contributed by atoms with Crippen molar-refractivity contribution in [1.29, 1.82) is 0 Å². The number of halogens is 1. The van der Waals surface area contributed by atoms with E-state index in [1.165, 1.54) is 0 Å². The number of aromatic nitrogens is 1. The molecule has 1 aromatic carbocycles. The molecule has 0 bridgehead atoms. The lowest BCUT2D eigenvalue weighted by Gasteiger charge is -2.06. The van der Waals surface area contributed by atoms with Crippen molar-refractivity contribution in [3.8, 4) is 0 Å². The summed E-state index contributed by atoms with van der Waals surface area (Å²) in [5, 5.41) is 1.48. The molecule has 1 amide bonds. The van der Waals surface area contributed by atoms with Crippen molar-refractivity contribution < 1.29 is 4.79 Å². The molecule has 0 fully saturated rings. The van der Waals surface area contributed by atoms with Crippen LogP contribution in [0.2, 0.25) is 5.02 Å². The summed E-state index contributed by atoms with van der Waals surface area (Å²) in [6.07, 6.45) is 0. The summed E-state index contributed by atoms with van der Waals surface area (Å²) in [6.45, 7) is 1.75. The van der Waals surface area contributed by atoms with Crippen molar-refractivity contribution in [2.24, 2.45) is 5.84 Å². The fourth-order valence-electron chi connectivity index (χ4n) is 1.54. The number of hydrogen-bond acceptors (Lipinski definition) is 3. The number of nitrogens with two attached hydrogens (primary N) is 1. The molecule has 0 saturated carbocycles. The third-order valence-corrected chi connectivity index (χ3v) is 2.58. The highest BCUT2D eigenvalue weighted by Crippen LogP contribution is 2.20. The number of nitrogen functional groups attached to an aromatic ring is 1. The zero-order chi connectivity index (χ0) is 11.7. The molecular formula is C11H10ClN3O. The van der Waals surface area contributed by atoms with Gasteiger partial charge in [-0.25, -0.2) is 5.84 Å². The number of hydrogen-bond donors (Lipinski definition) is 2. The Hall–Kier alpha value is -1.65. The van der Waals surface area contributed by atoms with Crippen LogP contribution in [-0.4, -0.2) is 10.9 Å². The topological polar surface area (TPSA) is 68.0 Å². The monoisotopic (exact) mass is 235 g/mol. The Kier molecular flexibility index (Phi) is 2.77. The van der Waals surface area contributed by atoms with Gasteiger partial charge in [0.2, 0.25) is 0 Å². The first-order valence-corrected chi connectivity index (χ1v) is 5.07. The molecule has 0 spiro atoms. The van der Waals surface area contributed by atoms with E-state index in [0.29, 0.717) is 16.3 Å². The Morgan fingerprint density at radius 2 is 2.19 bits per heavy atom. The number of hydrazine groups is 1. The van der Waals surface area contributed by atoms with Crippen LogP contribution in [0.25, 0.3) is 10.9 Å². The molecule has 1 aromatic heterocycles. The molecule has 82 valence electrons. The second-order valence-corrected chi connectivity index (χ2v) is 3.87. The van der Waals surface area contributed by atoms with Crippen LogP contribution in [0.1, 0.15) is 16.1 Å². The molecule has 0 aliphatic rings. The van der Waals surface area contributed by atoms with Crippen LogP contribution in [0.15, 0.2) is 24.3 Å². The minimum atomic E-state index is -0.346. The number of nitrogens with one attached hydrogen (secondary N) is 1. The van der Waals surface area contributed by atoms with E-state index in [9.17, 15) is 4.79 Å². The summed E-state index contributed by atoms with van der Waals surface area (Å²) in [4.78, 5) is 15.7. The molecule has 0 atom stereocenters. The molecule has 1 heterocycles. The highest BCUT2D eigenvalue weighted by atomic mass is 35.5. The van der Waals surface area contributed by atoms with E-state index in [1.54, 1.807) is 25.1 Å². The lowest BCUT2D eigenvalue weighted by molar-refractivity contribution is 0.0953. The van der Waals surface area contributed by atoms with Crippen molar-refractivity contribution in [2.75, 3.05) is 0 Å². The van der Waals surface area contributed by atoms with Gasteiger partial charge in [-0.1, -0.05) is 17.7 Å². The standard InChI is InChI=1S/C11H10ClN3O/c1-6-9(11(16)15-13)4-7-2-3-8(12)5-10(7)14-6/h2-5H,13H2,1H3,(H,15,16). The molecule has 0 aliphatic heterocycles. The fraction of sp³-hybridized carbons (Fsp3) is 0.0909. The van der Waals surface area contributed by atoms with Gasteiger partial charge in [0.05, 0.1) is 16.8 Å². The average Bonchev–Trinajstić information content (AvgIpc) is 2.27. The van der Waals surface area contributed by atoms with Crippen LogP contribution in [0.5, 0.6) is 0 Å². The van der Waals surface area contributed by atoms with Crippen LogP contribution in [0, 0.1) is 6.92 Å². The zero-order valence-corrected chi connectivity index (χ0v) is 9.38. The minimum Gasteiger partial charge on any atom is -0.290 e. The molecule has 0 aliphatic carbocycles. The first-order valence-electron chi connectivity index (χ1n) is 4.69. The quantitative estimate of drug-likeness (QED) is 0.450. The van der Waals surface area contributed by atoms with E-state index >= 15 is 0 Å². The Balaban J connectivity index is 2.67. The van der Waals surface area contributed by atoms with Crippen LogP contribution >= 0.6 is 11.6 Å². The molecular weight excluding hydrogens is 226 g/mol. The van der Waals surface area contributed by atoms with Gasteiger partial charge in [0.15, 0.2) is 0 Å². The lowest BCUT2D eigenvalue weighted by atomic mass is 10.1. The number of aryl methyl sites for hydroxylation is 1. The van der Waals surface area contributed by atoms with Gasteiger partial charge in [-0.05, 0) is 25.1 Å². The number of benzene rings is 1. The Morgan fingerprint density at radius 3 is 2.88 bits per heavy atom. The molecule has 4 nitrogen and oxygen atoms in total. The summed E-state index contributed by atoms with van der Waals surface area (Å²) in [5.41, 5.74) is 3.95. The maximum absolute atomic E-state index is 11.4. The maximum Gasteiger partial charge on any atom is 0.267 e. The summed E-state index contributed by atoms with van der Waals surface area (Å²) in [5.74, 6) is 4.75. The first kappa shape index (κ1) is 10.9. The predicted molar refractivity (Wildman–Crippen MR) is 63.1 cm³/mol. The predicted octanol–water partition coefficient (Wildman–Crippen LogP) is 1.80. The van der Waals surface area contributed by atoms with Gasteiger partial charge < -0.3 is 0 Å². The van der Waals surface area contributed by atoms with Crippen molar-refractivity contribution in [3.05, 3.63) is 40.5 Å². The number of carbonyl (C=O) groups excluding carboxylic acids is 1. The van der Waals surface area contributed by atoms with Crippen molar-refractivity contribution in [1.82, 2.24) is 10.4 Å². The molecule has 5 heteroatoms. The van der Waals surface area contributed by atoms with Gasteiger partial charge in [0.25, 0.3) is 5.91 Å². The normalized spacial score (nSPS) is 10.4. The third-order valence-electron chi connectivity index (χ3n) is 2.35. The Bertz CT molecular complexity index is 568. The van der Waals surface area contributed by atoms with Gasteiger partial charge in [-0.2, -0.15) is 0 Å². The highest BCUT2D eigenvalue weighted by Gasteiger charge is 2.10. The number of pyridine rings is 1. The molecule has 16 heavy (non-hydrogen) atoms. The van der Waals surface area contributed by atoms with E-state index in [2.05, 4.69) is 10.4 Å².